The Morgan fingerprint density at radius 3 is 2.38 bits per heavy atom. The molecule has 2 N–H and O–H groups in total. The van der Waals surface area contributed by atoms with Crippen LogP contribution >= 0.6 is 0 Å². The van der Waals surface area contributed by atoms with E-state index in [1.165, 1.54) is 11.1 Å². The molecule has 2 aromatic rings. The average molecular weight is 212 g/mol. The van der Waals surface area contributed by atoms with Gasteiger partial charge in [-0.3, -0.25) is 4.98 Å². The molecule has 0 saturated heterocycles. The first kappa shape index (κ1) is 10.8. The highest BCUT2D eigenvalue weighted by molar-refractivity contribution is 5.63. The molecule has 0 radical (unpaired) electrons. The minimum Gasteiger partial charge on any atom is -0.326 e. The van der Waals surface area contributed by atoms with Crippen molar-refractivity contribution in [2.24, 2.45) is 5.73 Å². The Labute approximate surface area is 96.1 Å². The Morgan fingerprint density at radius 2 is 1.75 bits per heavy atom. The van der Waals surface area contributed by atoms with Gasteiger partial charge < -0.3 is 5.73 Å². The second-order valence-electron chi connectivity index (χ2n) is 3.84. The second-order valence-corrected chi connectivity index (χ2v) is 3.84. The highest BCUT2D eigenvalue weighted by atomic mass is 14.6. The molecule has 2 rings (SSSR count). The van der Waals surface area contributed by atoms with E-state index in [0.717, 1.165) is 17.5 Å². The van der Waals surface area contributed by atoms with Crippen LogP contribution in [0.5, 0.6) is 0 Å². The minimum atomic E-state index is 0.536. The summed E-state index contributed by atoms with van der Waals surface area (Å²) in [5.74, 6) is 0. The van der Waals surface area contributed by atoms with E-state index in [1.54, 1.807) is 0 Å². The zero-order valence-electron chi connectivity index (χ0n) is 9.48. The molecule has 2 nitrogen and oxygen atoms in total. The Hall–Kier alpha value is -1.67. The number of hydrogen-bond acceptors (Lipinski definition) is 2. The summed E-state index contributed by atoms with van der Waals surface area (Å²) in [5, 5.41) is 0. The fourth-order valence-electron chi connectivity index (χ4n) is 1.69. The number of aromatic nitrogens is 1. The van der Waals surface area contributed by atoms with Crippen LogP contribution in [0.3, 0.4) is 0 Å². The molecule has 1 aromatic heterocycles. The lowest BCUT2D eigenvalue weighted by atomic mass is 10.0. The predicted octanol–water partition coefficient (Wildman–Crippen LogP) is 2.77. The van der Waals surface area contributed by atoms with Crippen molar-refractivity contribution in [2.75, 3.05) is 0 Å². The molecule has 0 spiro atoms. The summed E-state index contributed by atoms with van der Waals surface area (Å²) in [6.07, 6.45) is 4.76. The van der Waals surface area contributed by atoms with E-state index in [4.69, 9.17) is 5.73 Å². The van der Waals surface area contributed by atoms with Crippen molar-refractivity contribution < 1.29 is 0 Å². The van der Waals surface area contributed by atoms with E-state index in [2.05, 4.69) is 42.2 Å². The van der Waals surface area contributed by atoms with Gasteiger partial charge in [0.1, 0.15) is 0 Å². The van der Waals surface area contributed by atoms with Gasteiger partial charge in [-0.15, -0.1) is 0 Å². The van der Waals surface area contributed by atoms with E-state index in [-0.39, 0.29) is 0 Å². The number of aryl methyl sites for hydroxylation is 1. The maximum atomic E-state index is 5.60. The summed E-state index contributed by atoms with van der Waals surface area (Å²) >= 11 is 0. The number of hydrogen-bond donors (Lipinski definition) is 1. The van der Waals surface area contributed by atoms with E-state index >= 15 is 0 Å². The predicted molar refractivity (Wildman–Crippen MR) is 66.9 cm³/mol. The summed E-state index contributed by atoms with van der Waals surface area (Å²) < 4.78 is 0. The molecule has 0 fully saturated rings. The molecule has 82 valence electrons. The van der Waals surface area contributed by atoms with Crippen LogP contribution in [0.15, 0.2) is 42.7 Å². The maximum absolute atomic E-state index is 5.60. The van der Waals surface area contributed by atoms with Crippen molar-refractivity contribution in [2.45, 2.75) is 19.9 Å². The number of benzene rings is 1. The highest BCUT2D eigenvalue weighted by Gasteiger charge is 1.99. The van der Waals surface area contributed by atoms with Gasteiger partial charge in [0.2, 0.25) is 0 Å². The van der Waals surface area contributed by atoms with Crippen molar-refractivity contribution in [3.63, 3.8) is 0 Å². The molecule has 0 unspecified atom stereocenters. The number of pyridine rings is 1. The van der Waals surface area contributed by atoms with Gasteiger partial charge in [0.25, 0.3) is 0 Å². The van der Waals surface area contributed by atoms with Gasteiger partial charge in [-0.25, -0.2) is 0 Å². The second kappa shape index (κ2) is 4.90. The number of nitrogens with two attached hydrogens (primary N) is 1. The summed E-state index contributed by atoms with van der Waals surface area (Å²) in [4.78, 5) is 4.19. The monoisotopic (exact) mass is 212 g/mol. The Bertz CT molecular complexity index is 460. The molecule has 16 heavy (non-hydrogen) atoms. The molecule has 1 aromatic carbocycles. The van der Waals surface area contributed by atoms with Gasteiger partial charge in [-0.2, -0.15) is 0 Å². The van der Waals surface area contributed by atoms with E-state index in [1.807, 2.05) is 12.4 Å². The fraction of sp³-hybridized carbons (Fsp3) is 0.214. The molecule has 0 amide bonds. The van der Waals surface area contributed by atoms with Gasteiger partial charge >= 0.3 is 0 Å². The summed E-state index contributed by atoms with van der Waals surface area (Å²) in [6, 6.07) is 10.7. The first-order valence-corrected chi connectivity index (χ1v) is 5.56. The zero-order valence-corrected chi connectivity index (χ0v) is 9.48. The first-order chi connectivity index (χ1) is 7.83. The van der Waals surface area contributed by atoms with Crippen molar-refractivity contribution in [3.8, 4) is 11.1 Å². The number of rotatable bonds is 3. The molecular weight excluding hydrogens is 196 g/mol. The Morgan fingerprint density at radius 1 is 1.00 bits per heavy atom. The van der Waals surface area contributed by atoms with Crippen LogP contribution in [0.2, 0.25) is 0 Å². The molecule has 0 aliphatic rings. The van der Waals surface area contributed by atoms with Crippen LogP contribution in [0, 0.1) is 0 Å². The Balaban J connectivity index is 2.34. The largest absolute Gasteiger partial charge is 0.326 e. The highest BCUT2D eigenvalue weighted by Crippen LogP contribution is 2.19. The van der Waals surface area contributed by atoms with Crippen LogP contribution in [0.25, 0.3) is 11.1 Å². The smallest absolute Gasteiger partial charge is 0.0346 e. The van der Waals surface area contributed by atoms with Crippen LogP contribution < -0.4 is 5.73 Å². The average Bonchev–Trinajstić information content (AvgIpc) is 2.39. The summed E-state index contributed by atoms with van der Waals surface area (Å²) in [5.41, 5.74) is 10.3. The van der Waals surface area contributed by atoms with Gasteiger partial charge in [-0.1, -0.05) is 31.2 Å². The molecule has 0 bridgehead atoms. The van der Waals surface area contributed by atoms with Gasteiger partial charge in [0.05, 0.1) is 0 Å². The Kier molecular flexibility index (Phi) is 3.32. The van der Waals surface area contributed by atoms with Gasteiger partial charge in [0.15, 0.2) is 0 Å². The van der Waals surface area contributed by atoms with Crippen LogP contribution in [0.4, 0.5) is 0 Å². The third-order valence-corrected chi connectivity index (χ3v) is 2.73. The lowest BCUT2D eigenvalue weighted by molar-refractivity contribution is 1.05. The maximum Gasteiger partial charge on any atom is 0.0346 e. The topological polar surface area (TPSA) is 38.9 Å². The van der Waals surface area contributed by atoms with Crippen LogP contribution in [0.1, 0.15) is 18.1 Å². The molecular formula is C14H16N2. The van der Waals surface area contributed by atoms with Crippen molar-refractivity contribution in [1.82, 2.24) is 4.98 Å². The zero-order chi connectivity index (χ0) is 11.4. The molecule has 0 saturated carbocycles. The number of nitrogens with zero attached hydrogens (tertiary/aromatic N) is 1. The quantitative estimate of drug-likeness (QED) is 0.849. The first-order valence-electron chi connectivity index (χ1n) is 5.56. The normalized spacial score (nSPS) is 10.4. The minimum absolute atomic E-state index is 0.536. The van der Waals surface area contributed by atoms with E-state index in [9.17, 15) is 0 Å². The van der Waals surface area contributed by atoms with Crippen molar-refractivity contribution in [1.29, 1.82) is 0 Å². The molecule has 2 heteroatoms. The van der Waals surface area contributed by atoms with E-state index in [0.29, 0.717) is 6.54 Å². The fourth-order valence-corrected chi connectivity index (χ4v) is 1.69. The lowest BCUT2D eigenvalue weighted by Crippen LogP contribution is -1.97. The molecule has 0 aliphatic heterocycles. The van der Waals surface area contributed by atoms with Crippen molar-refractivity contribution in [3.05, 3.63) is 53.9 Å². The third-order valence-electron chi connectivity index (χ3n) is 2.73. The standard InChI is InChI=1S/C14H16N2/c1-2-11-3-5-13(6-4-11)14-7-12(8-15)9-16-10-14/h3-7,9-10H,2,8,15H2,1H3. The molecule has 1 heterocycles. The molecule has 0 atom stereocenters. The lowest BCUT2D eigenvalue weighted by Gasteiger charge is -2.04. The third kappa shape index (κ3) is 2.28. The summed E-state index contributed by atoms with van der Waals surface area (Å²) in [7, 11) is 0. The molecule has 0 aliphatic carbocycles. The van der Waals surface area contributed by atoms with Crippen molar-refractivity contribution >= 4 is 0 Å². The summed E-state index contributed by atoms with van der Waals surface area (Å²) in [6.45, 7) is 2.69. The van der Waals surface area contributed by atoms with Crippen LogP contribution in [-0.2, 0) is 13.0 Å². The van der Waals surface area contributed by atoms with E-state index < -0.39 is 0 Å². The van der Waals surface area contributed by atoms with Crippen LogP contribution in [-0.4, -0.2) is 4.98 Å². The van der Waals surface area contributed by atoms with Gasteiger partial charge in [0, 0.05) is 24.5 Å². The van der Waals surface area contributed by atoms with Gasteiger partial charge in [-0.05, 0) is 29.2 Å². The SMILES string of the molecule is CCc1ccc(-c2cncc(CN)c2)cc1.